The number of phenols is 1. The molecule has 0 aliphatic rings. The summed E-state index contributed by atoms with van der Waals surface area (Å²) >= 11 is 0. The van der Waals surface area contributed by atoms with Gasteiger partial charge in [0.1, 0.15) is 11.6 Å². The van der Waals surface area contributed by atoms with E-state index in [9.17, 15) is 14.7 Å². The second-order valence-corrected chi connectivity index (χ2v) is 19.5. The summed E-state index contributed by atoms with van der Waals surface area (Å²) in [5.74, 6) is -5.02. The largest absolute Gasteiger partial charge is 0.507 e. The molecule has 8 rings (SSSR count). The fraction of sp³-hybridized carbons (Fsp3) is 0.333. The molecule has 0 unspecified atom stereocenters. The van der Waals surface area contributed by atoms with Crippen molar-refractivity contribution in [2.75, 3.05) is 0 Å². The van der Waals surface area contributed by atoms with Crippen LogP contribution in [0.5, 0.6) is 5.75 Å². The van der Waals surface area contributed by atoms with Gasteiger partial charge in [0.2, 0.25) is 0 Å². The number of pyridine rings is 1. The van der Waals surface area contributed by atoms with Gasteiger partial charge in [0.05, 0.1) is 22.3 Å². The first-order valence-corrected chi connectivity index (χ1v) is 22.6. The first-order chi connectivity index (χ1) is 37.8. The van der Waals surface area contributed by atoms with Crippen molar-refractivity contribution < 1.29 is 48.1 Å². The Labute approximate surface area is 444 Å². The number of phenolic OH excluding ortho intramolecular Hbond substituents is 1. The fourth-order valence-corrected chi connectivity index (χ4v) is 8.76. The summed E-state index contributed by atoms with van der Waals surface area (Å²) in [5, 5.41) is 12.5. The van der Waals surface area contributed by atoms with Crippen molar-refractivity contribution in [2.45, 2.75) is 138 Å². The minimum absolute atomic E-state index is 0. The predicted octanol–water partition coefficient (Wildman–Crippen LogP) is 17.7. The van der Waals surface area contributed by atoms with Gasteiger partial charge in [-0.3, -0.25) is 9.55 Å². The molecule has 0 saturated carbocycles. The monoisotopic (exact) mass is 1100 g/mol. The molecule has 1 N–H and O–H groups in total. The number of aromatic nitrogens is 3. The van der Waals surface area contributed by atoms with Gasteiger partial charge in [0, 0.05) is 54.9 Å². The number of rotatable bonds is 10. The van der Waals surface area contributed by atoms with E-state index in [1.165, 1.54) is 24.3 Å². The van der Waals surface area contributed by atoms with E-state index in [2.05, 4.69) is 26.8 Å². The smallest absolute Gasteiger partial charge is 0.148 e. The number of aromatic hydroxyl groups is 1. The van der Waals surface area contributed by atoms with Gasteiger partial charge in [-0.25, -0.2) is 4.98 Å². The van der Waals surface area contributed by atoms with Crippen LogP contribution < -0.4 is 0 Å². The van der Waals surface area contributed by atoms with E-state index >= 15 is 0 Å². The maximum Gasteiger partial charge on any atom is 0.148 e. The summed E-state index contributed by atoms with van der Waals surface area (Å²) in [7, 11) is 0. The Balaban J connectivity index is 0.0000101. The van der Waals surface area contributed by atoms with Crippen LogP contribution >= 0.6 is 0 Å². The van der Waals surface area contributed by atoms with Gasteiger partial charge in [-0.15, -0.1) is 29.3 Å². The van der Waals surface area contributed by atoms with Crippen LogP contribution in [0, 0.1) is 12.9 Å². The Morgan fingerprint density at radius 3 is 1.88 bits per heavy atom. The summed E-state index contributed by atoms with van der Waals surface area (Å²) in [6.45, 7) is 6.78. The fourth-order valence-electron chi connectivity index (χ4n) is 8.76. The van der Waals surface area contributed by atoms with Crippen molar-refractivity contribution in [2.24, 2.45) is 0 Å². The molecule has 0 radical (unpaired) electrons. The molecule has 0 aliphatic carbocycles. The molecule has 0 saturated heterocycles. The van der Waals surface area contributed by atoms with E-state index in [1.807, 2.05) is 42.5 Å². The van der Waals surface area contributed by atoms with Crippen LogP contribution in [0.25, 0.3) is 72.7 Å². The quantitative estimate of drug-likeness (QED) is 0.139. The molecular formula is C63H70N3OPt-. The SMILES string of the molecule is [2H]C([2H])([2H])c1cc(-c2c(C([2H])(C)C)cccc2C([2H])(C)C)ccc1-n1c(-c2cc(C([2H])(C)C)cc(C([2H])(C)C)c2O)nc2c(-c3[c-]c(-c4cc(-c5ccc(C(C([2H])([2H])[2H])(C([2H])([2H])[2H])C([2H])([2H])[2H])cc5)ccn4)cc(C(C)(C)C)c3)cccc21.[Pt]. The van der Waals surface area contributed by atoms with E-state index in [1.54, 1.807) is 115 Å². The van der Waals surface area contributed by atoms with Crippen LogP contribution in [0.3, 0.4) is 0 Å². The minimum Gasteiger partial charge on any atom is -0.507 e. The average molecular weight is 1100 g/mol. The Kier molecular flexibility index (Phi) is 9.45. The molecule has 68 heavy (non-hydrogen) atoms. The molecule has 0 spiro atoms. The predicted molar refractivity (Wildman–Crippen MR) is 285 cm³/mol. The van der Waals surface area contributed by atoms with Crippen LogP contribution in [-0.4, -0.2) is 19.6 Å². The van der Waals surface area contributed by atoms with Crippen molar-refractivity contribution in [1.82, 2.24) is 14.5 Å². The number of imidazole rings is 1. The number of hydrogen-bond donors (Lipinski definition) is 1. The standard InChI is InChI=1S/C63H70N3O.Pt/c1-37(2)45-34-53(40(7)8)60(67)54(35-45)61-65-59-52(20-17-21-57(59)66(61)56-27-24-44(30-41(56)9)58-50(38(3)4)18-16-19-51(58)39(5)6)46-31-47(33-49(32-46)63(13,14)15)55-36-43(28-29-64-55)42-22-25-48(26-23-42)62(10,11)12;/h16-30,32-40,67H,1-15H3;/q-1;/i9D3,10D3,11D3,12D3,37D,38D,39D,40D;. The second kappa shape index (κ2) is 19.4. The Bertz CT molecular complexity index is 3710. The van der Waals surface area contributed by atoms with Gasteiger partial charge in [-0.2, -0.15) is 0 Å². The molecule has 4 nitrogen and oxygen atoms in total. The summed E-state index contributed by atoms with van der Waals surface area (Å²) in [5.41, 5.74) is 4.27. The van der Waals surface area contributed by atoms with Gasteiger partial charge < -0.3 is 5.11 Å². The zero-order valence-electron chi connectivity index (χ0n) is 56.7. The Morgan fingerprint density at radius 2 is 1.26 bits per heavy atom. The van der Waals surface area contributed by atoms with Crippen molar-refractivity contribution in [3.63, 3.8) is 0 Å². The van der Waals surface area contributed by atoms with Crippen LogP contribution in [0.15, 0.2) is 121 Å². The van der Waals surface area contributed by atoms with E-state index in [0.717, 1.165) is 5.56 Å². The van der Waals surface area contributed by atoms with E-state index in [-0.39, 0.29) is 60.6 Å². The number of para-hydroxylation sites is 1. The summed E-state index contributed by atoms with van der Waals surface area (Å²) in [6.07, 6.45) is 1.59. The van der Waals surface area contributed by atoms with Crippen molar-refractivity contribution >= 4 is 11.0 Å². The molecule has 0 atom stereocenters. The molecule has 354 valence electrons. The number of benzene rings is 6. The summed E-state index contributed by atoms with van der Waals surface area (Å²) in [4.78, 5) is 10.1. The first-order valence-electron chi connectivity index (χ1n) is 30.6. The van der Waals surface area contributed by atoms with Crippen molar-refractivity contribution in [3.05, 3.63) is 166 Å². The molecule has 0 aliphatic heterocycles. The topological polar surface area (TPSA) is 50.9 Å². The zero-order chi connectivity index (χ0) is 62.0. The minimum atomic E-state index is -3.43. The third kappa shape index (κ3) is 9.82. The van der Waals surface area contributed by atoms with Gasteiger partial charge in [0.15, 0.2) is 0 Å². The van der Waals surface area contributed by atoms with E-state index < -0.39 is 61.8 Å². The maximum atomic E-state index is 12.5. The number of aryl methyl sites for hydroxylation is 1. The molecule has 0 amide bonds. The first kappa shape index (κ1) is 33.0. The third-order valence-electron chi connectivity index (χ3n) is 12.5. The van der Waals surface area contributed by atoms with Crippen molar-refractivity contribution in [1.29, 1.82) is 0 Å². The summed E-state index contributed by atoms with van der Waals surface area (Å²) < 4.78 is 140. The van der Waals surface area contributed by atoms with Crippen LogP contribution in [0.2, 0.25) is 0 Å². The average Bonchev–Trinajstić information content (AvgIpc) is 0.958. The van der Waals surface area contributed by atoms with E-state index in [0.29, 0.717) is 72.4 Å². The number of hydrogen-bond acceptors (Lipinski definition) is 3. The molecule has 8 aromatic rings. The third-order valence-corrected chi connectivity index (χ3v) is 12.5. The van der Waals surface area contributed by atoms with Gasteiger partial charge in [-0.1, -0.05) is 181 Å². The van der Waals surface area contributed by atoms with Crippen molar-refractivity contribution in [3.8, 4) is 67.5 Å². The molecule has 0 fully saturated rings. The number of fused-ring (bicyclic) bond motifs is 1. The van der Waals surface area contributed by atoms with Crippen LogP contribution in [-0.2, 0) is 31.9 Å². The number of nitrogens with zero attached hydrogens (tertiary/aromatic N) is 3. The second-order valence-electron chi connectivity index (χ2n) is 19.5. The van der Waals surface area contributed by atoms with Gasteiger partial charge >= 0.3 is 0 Å². The maximum absolute atomic E-state index is 12.5. The molecule has 0 bridgehead atoms. The van der Waals surface area contributed by atoms with Gasteiger partial charge in [0.25, 0.3) is 0 Å². The molecular weight excluding hydrogens is 1010 g/mol. The summed E-state index contributed by atoms with van der Waals surface area (Å²) in [6, 6.07) is 35.9. The molecule has 6 aromatic carbocycles. The molecule has 5 heteroatoms. The Hall–Kier alpha value is -5.57. The van der Waals surface area contributed by atoms with Gasteiger partial charge in [-0.05, 0) is 127 Å². The van der Waals surface area contributed by atoms with Crippen LogP contribution in [0.1, 0.15) is 181 Å². The Morgan fingerprint density at radius 1 is 0.618 bits per heavy atom. The zero-order valence-corrected chi connectivity index (χ0v) is 42.9. The van der Waals surface area contributed by atoms with Crippen LogP contribution in [0.4, 0.5) is 0 Å². The van der Waals surface area contributed by atoms with E-state index in [4.69, 9.17) is 22.3 Å². The molecule has 2 aromatic heterocycles. The normalized spacial score (nSPS) is 17.0. The molecule has 2 heterocycles.